The predicted molar refractivity (Wildman–Crippen MR) is 67.4 cm³/mol. The van der Waals surface area contributed by atoms with Gasteiger partial charge in [-0.15, -0.1) is 0 Å². The number of anilines is 2. The molecule has 0 aliphatic heterocycles. The minimum absolute atomic E-state index is 0.259. The number of benzene rings is 1. The highest BCUT2D eigenvalue weighted by Gasteiger charge is 2.00. The van der Waals surface area contributed by atoms with Crippen LogP contribution >= 0.6 is 11.6 Å². The van der Waals surface area contributed by atoms with Crippen molar-refractivity contribution in [1.29, 1.82) is 0 Å². The molecule has 88 valence electrons. The first-order chi connectivity index (χ1) is 7.59. The highest BCUT2D eigenvalue weighted by molar-refractivity contribution is 6.33. The summed E-state index contributed by atoms with van der Waals surface area (Å²) in [6.45, 7) is 0.761. The van der Waals surface area contributed by atoms with Crippen molar-refractivity contribution < 1.29 is 4.79 Å². The molecule has 1 rings (SSSR count). The first-order valence-corrected chi connectivity index (χ1v) is 5.54. The molecule has 0 aromatic heterocycles. The fraction of sp³-hybridized carbons (Fsp3) is 0.364. The molecule has 0 aliphatic rings. The highest BCUT2D eigenvalue weighted by Crippen LogP contribution is 2.23. The maximum Gasteiger partial charge on any atom is 0.217 e. The number of carbonyl (C=O) groups excluding carboxylic acids is 1. The van der Waals surface area contributed by atoms with Gasteiger partial charge in [-0.3, -0.25) is 4.79 Å². The van der Waals surface area contributed by atoms with Crippen LogP contribution in [0.1, 0.15) is 19.3 Å². The molecule has 4 nitrogen and oxygen atoms in total. The second-order valence-electron chi connectivity index (χ2n) is 3.59. The summed E-state index contributed by atoms with van der Waals surface area (Å²) in [5.41, 5.74) is 12.1. The van der Waals surface area contributed by atoms with Crippen LogP contribution in [0.5, 0.6) is 0 Å². The van der Waals surface area contributed by atoms with Crippen LogP contribution < -0.4 is 16.8 Å². The smallest absolute Gasteiger partial charge is 0.217 e. The molecule has 0 radical (unpaired) electrons. The lowest BCUT2D eigenvalue weighted by Crippen LogP contribution is -2.11. The van der Waals surface area contributed by atoms with E-state index >= 15 is 0 Å². The van der Waals surface area contributed by atoms with E-state index in [1.165, 1.54) is 0 Å². The van der Waals surface area contributed by atoms with E-state index in [4.69, 9.17) is 23.1 Å². The SMILES string of the molecule is NC(=O)CCCCNc1ccc(N)cc1Cl. The van der Waals surface area contributed by atoms with Crippen molar-refractivity contribution in [1.82, 2.24) is 0 Å². The van der Waals surface area contributed by atoms with Crippen LogP contribution in [0, 0.1) is 0 Å². The summed E-state index contributed by atoms with van der Waals surface area (Å²) < 4.78 is 0. The Hall–Kier alpha value is -1.42. The third kappa shape index (κ3) is 4.40. The molecule has 0 aliphatic carbocycles. The molecule has 5 heteroatoms. The molecule has 1 aromatic rings. The zero-order chi connectivity index (χ0) is 12.0. The number of halogens is 1. The number of nitrogens with two attached hydrogens (primary N) is 2. The Morgan fingerprint density at radius 2 is 2.12 bits per heavy atom. The first-order valence-electron chi connectivity index (χ1n) is 5.17. The zero-order valence-electron chi connectivity index (χ0n) is 9.00. The van der Waals surface area contributed by atoms with Gasteiger partial charge in [0, 0.05) is 18.7 Å². The minimum Gasteiger partial charge on any atom is -0.399 e. The number of nitrogen functional groups attached to an aromatic ring is 1. The number of hydrogen-bond acceptors (Lipinski definition) is 3. The summed E-state index contributed by atoms with van der Waals surface area (Å²) in [4.78, 5) is 10.5. The van der Waals surface area contributed by atoms with E-state index in [0.29, 0.717) is 17.1 Å². The lowest BCUT2D eigenvalue weighted by Gasteiger charge is -2.08. The summed E-state index contributed by atoms with van der Waals surface area (Å²) >= 11 is 5.98. The van der Waals surface area contributed by atoms with E-state index in [-0.39, 0.29) is 5.91 Å². The summed E-state index contributed by atoms with van der Waals surface area (Å²) in [5.74, 6) is -0.259. The molecule has 0 atom stereocenters. The van der Waals surface area contributed by atoms with Crippen LogP contribution in [0.15, 0.2) is 18.2 Å². The maximum absolute atomic E-state index is 10.5. The van der Waals surface area contributed by atoms with Crippen molar-refractivity contribution >= 4 is 28.9 Å². The molecule has 0 unspecified atom stereocenters. The topological polar surface area (TPSA) is 81.1 Å². The van der Waals surface area contributed by atoms with Gasteiger partial charge in [-0.25, -0.2) is 0 Å². The third-order valence-corrected chi connectivity index (χ3v) is 2.47. The number of hydrogen-bond donors (Lipinski definition) is 3. The Balaban J connectivity index is 2.29. The van der Waals surface area contributed by atoms with Crippen molar-refractivity contribution in [2.45, 2.75) is 19.3 Å². The van der Waals surface area contributed by atoms with Gasteiger partial charge in [0.05, 0.1) is 10.7 Å². The largest absolute Gasteiger partial charge is 0.399 e. The zero-order valence-corrected chi connectivity index (χ0v) is 9.76. The van der Waals surface area contributed by atoms with Gasteiger partial charge in [0.15, 0.2) is 0 Å². The monoisotopic (exact) mass is 241 g/mol. The van der Waals surface area contributed by atoms with Crippen molar-refractivity contribution in [2.75, 3.05) is 17.6 Å². The van der Waals surface area contributed by atoms with E-state index in [1.807, 2.05) is 6.07 Å². The standard InChI is InChI=1S/C11H16ClN3O/c12-9-7-8(13)4-5-10(9)15-6-2-1-3-11(14)16/h4-5,7,15H,1-3,6,13H2,(H2,14,16). The van der Waals surface area contributed by atoms with Gasteiger partial charge in [0.1, 0.15) is 0 Å². The van der Waals surface area contributed by atoms with Crippen LogP contribution in [0.25, 0.3) is 0 Å². The van der Waals surface area contributed by atoms with Crippen molar-refractivity contribution in [2.24, 2.45) is 5.73 Å². The molecule has 0 bridgehead atoms. The number of unbranched alkanes of at least 4 members (excludes halogenated alkanes) is 1. The minimum atomic E-state index is -0.259. The van der Waals surface area contributed by atoms with E-state index in [9.17, 15) is 4.79 Å². The van der Waals surface area contributed by atoms with Gasteiger partial charge >= 0.3 is 0 Å². The fourth-order valence-electron chi connectivity index (χ4n) is 1.32. The lowest BCUT2D eigenvalue weighted by atomic mass is 10.2. The quantitative estimate of drug-likeness (QED) is 0.526. The molecule has 0 saturated heterocycles. The van der Waals surface area contributed by atoms with Crippen LogP contribution in [0.4, 0.5) is 11.4 Å². The maximum atomic E-state index is 10.5. The Labute approximate surface area is 100.0 Å². The van der Waals surface area contributed by atoms with E-state index in [0.717, 1.165) is 25.1 Å². The van der Waals surface area contributed by atoms with Crippen LogP contribution in [0.3, 0.4) is 0 Å². The van der Waals surface area contributed by atoms with E-state index in [2.05, 4.69) is 5.32 Å². The van der Waals surface area contributed by atoms with E-state index < -0.39 is 0 Å². The van der Waals surface area contributed by atoms with Gasteiger partial charge in [-0.2, -0.15) is 0 Å². The van der Waals surface area contributed by atoms with Crippen molar-refractivity contribution in [3.8, 4) is 0 Å². The summed E-state index contributed by atoms with van der Waals surface area (Å²) in [6, 6.07) is 5.33. The molecule has 16 heavy (non-hydrogen) atoms. The van der Waals surface area contributed by atoms with Crippen LogP contribution in [-0.4, -0.2) is 12.5 Å². The number of primary amides is 1. The van der Waals surface area contributed by atoms with Crippen LogP contribution in [-0.2, 0) is 4.79 Å². The normalized spacial score (nSPS) is 10.1. The molecule has 0 heterocycles. The molecule has 1 aromatic carbocycles. The Bertz CT molecular complexity index is 368. The van der Waals surface area contributed by atoms with Gasteiger partial charge in [-0.1, -0.05) is 11.6 Å². The summed E-state index contributed by atoms with van der Waals surface area (Å²) in [6.07, 6.45) is 2.09. The van der Waals surface area contributed by atoms with Crippen molar-refractivity contribution in [3.05, 3.63) is 23.2 Å². The van der Waals surface area contributed by atoms with Gasteiger partial charge < -0.3 is 16.8 Å². The molecule has 0 fully saturated rings. The molecule has 5 N–H and O–H groups in total. The van der Waals surface area contributed by atoms with Gasteiger partial charge in [-0.05, 0) is 31.0 Å². The Morgan fingerprint density at radius 3 is 2.75 bits per heavy atom. The molecular formula is C11H16ClN3O. The number of rotatable bonds is 6. The number of amides is 1. The van der Waals surface area contributed by atoms with Crippen LogP contribution in [0.2, 0.25) is 5.02 Å². The Morgan fingerprint density at radius 1 is 1.38 bits per heavy atom. The molecule has 0 saturated carbocycles. The highest BCUT2D eigenvalue weighted by atomic mass is 35.5. The van der Waals surface area contributed by atoms with Gasteiger partial charge in [0.2, 0.25) is 5.91 Å². The molecule has 0 spiro atoms. The van der Waals surface area contributed by atoms with Crippen molar-refractivity contribution in [3.63, 3.8) is 0 Å². The summed E-state index contributed by atoms with van der Waals surface area (Å²) in [5, 5.41) is 3.78. The number of nitrogens with one attached hydrogen (secondary N) is 1. The molecular weight excluding hydrogens is 226 g/mol. The van der Waals surface area contributed by atoms with Gasteiger partial charge in [0.25, 0.3) is 0 Å². The molecule has 1 amide bonds. The summed E-state index contributed by atoms with van der Waals surface area (Å²) in [7, 11) is 0. The average molecular weight is 242 g/mol. The lowest BCUT2D eigenvalue weighted by molar-refractivity contribution is -0.118. The number of carbonyl (C=O) groups is 1. The third-order valence-electron chi connectivity index (χ3n) is 2.16. The fourth-order valence-corrected chi connectivity index (χ4v) is 1.58. The first kappa shape index (κ1) is 12.6. The second kappa shape index (κ2) is 6.23. The Kier molecular flexibility index (Phi) is 4.92. The van der Waals surface area contributed by atoms with E-state index in [1.54, 1.807) is 12.1 Å². The second-order valence-corrected chi connectivity index (χ2v) is 4.00. The predicted octanol–water partition coefficient (Wildman–Crippen LogP) is 1.99. The average Bonchev–Trinajstić information content (AvgIpc) is 2.20.